The van der Waals surface area contributed by atoms with Crippen LogP contribution in [0.15, 0.2) is 24.3 Å². The van der Waals surface area contributed by atoms with E-state index in [0.717, 1.165) is 25.1 Å². The normalized spacial score (nSPS) is 23.3. The molecule has 1 saturated heterocycles. The molecule has 1 N–H and O–H groups in total. The number of amides is 1. The monoisotopic (exact) mass is 326 g/mol. The number of carbonyl (C=O) groups is 1. The van der Waals surface area contributed by atoms with E-state index in [4.69, 9.17) is 4.74 Å². The quantitative estimate of drug-likeness (QED) is 0.936. The van der Waals surface area contributed by atoms with Gasteiger partial charge in [0, 0.05) is 13.0 Å². The zero-order valence-electron chi connectivity index (χ0n) is 13.9. The first-order valence-corrected chi connectivity index (χ1v) is 8.65. The van der Waals surface area contributed by atoms with Crippen LogP contribution in [0.1, 0.15) is 48.1 Å². The van der Waals surface area contributed by atoms with Gasteiger partial charge in [-0.2, -0.15) is 5.10 Å². The number of benzene rings is 1. The Kier molecular flexibility index (Phi) is 4.06. The van der Waals surface area contributed by atoms with Crippen molar-refractivity contribution in [2.45, 2.75) is 38.2 Å². The summed E-state index contributed by atoms with van der Waals surface area (Å²) >= 11 is 0. The van der Waals surface area contributed by atoms with E-state index in [1.165, 1.54) is 11.1 Å². The lowest BCUT2D eigenvalue weighted by Crippen LogP contribution is -2.44. The van der Waals surface area contributed by atoms with Crippen molar-refractivity contribution in [3.63, 3.8) is 0 Å². The molecule has 0 spiro atoms. The second kappa shape index (κ2) is 6.36. The summed E-state index contributed by atoms with van der Waals surface area (Å²) in [5.41, 5.74) is 2.50. The van der Waals surface area contributed by atoms with Gasteiger partial charge in [0.25, 0.3) is 0 Å². The second-order valence-corrected chi connectivity index (χ2v) is 6.43. The number of nitrogens with zero attached hydrogens (tertiary/aromatic N) is 3. The van der Waals surface area contributed by atoms with Crippen LogP contribution >= 0.6 is 0 Å². The summed E-state index contributed by atoms with van der Waals surface area (Å²) in [4.78, 5) is 19.4. The van der Waals surface area contributed by atoms with Crippen LogP contribution in [-0.4, -0.2) is 45.7 Å². The third-order valence-corrected chi connectivity index (χ3v) is 4.98. The highest BCUT2D eigenvalue weighted by atomic mass is 16.5. The molecule has 2 heterocycles. The van der Waals surface area contributed by atoms with Gasteiger partial charge in [0.1, 0.15) is 11.9 Å². The first-order chi connectivity index (χ1) is 11.8. The van der Waals surface area contributed by atoms with E-state index in [9.17, 15) is 4.79 Å². The highest BCUT2D eigenvalue weighted by molar-refractivity contribution is 5.85. The molecule has 1 fully saturated rings. The Morgan fingerprint density at radius 2 is 2.29 bits per heavy atom. The topological polar surface area (TPSA) is 71.1 Å². The fraction of sp³-hybridized carbons (Fsp3) is 0.500. The van der Waals surface area contributed by atoms with Crippen molar-refractivity contribution in [1.82, 2.24) is 20.1 Å². The van der Waals surface area contributed by atoms with Gasteiger partial charge in [-0.05, 0) is 24.0 Å². The summed E-state index contributed by atoms with van der Waals surface area (Å²) < 4.78 is 5.80. The van der Waals surface area contributed by atoms with Gasteiger partial charge in [-0.1, -0.05) is 31.2 Å². The first kappa shape index (κ1) is 15.3. The number of hydrogen-bond acceptors (Lipinski definition) is 4. The SMILES string of the molecule is CCc1nc(C2CN(C(=O)C3CCc4ccccc43)CCO2)n[nH]1. The predicted octanol–water partition coefficient (Wildman–Crippen LogP) is 2.00. The van der Waals surface area contributed by atoms with Crippen molar-refractivity contribution < 1.29 is 9.53 Å². The Morgan fingerprint density at radius 3 is 3.12 bits per heavy atom. The average Bonchev–Trinajstić information content (AvgIpc) is 3.28. The lowest BCUT2D eigenvalue weighted by atomic mass is 9.99. The standard InChI is InChI=1S/C18H22N4O2/c1-2-16-19-17(21-20-16)15-11-22(9-10-24-15)18(23)14-8-7-12-5-3-4-6-13(12)14/h3-6,14-15H,2,7-11H2,1H3,(H,19,20,21). The summed E-state index contributed by atoms with van der Waals surface area (Å²) in [5, 5.41) is 7.16. The van der Waals surface area contributed by atoms with E-state index in [-0.39, 0.29) is 17.9 Å². The van der Waals surface area contributed by atoms with Crippen molar-refractivity contribution in [2.75, 3.05) is 19.7 Å². The van der Waals surface area contributed by atoms with E-state index in [0.29, 0.717) is 25.5 Å². The first-order valence-electron chi connectivity index (χ1n) is 8.65. The molecule has 2 unspecified atom stereocenters. The Morgan fingerprint density at radius 1 is 1.42 bits per heavy atom. The summed E-state index contributed by atoms with van der Waals surface area (Å²) in [6.45, 7) is 3.72. The fourth-order valence-electron chi connectivity index (χ4n) is 3.65. The van der Waals surface area contributed by atoms with E-state index in [1.54, 1.807) is 0 Å². The predicted molar refractivity (Wildman–Crippen MR) is 88.5 cm³/mol. The van der Waals surface area contributed by atoms with Gasteiger partial charge in [0.2, 0.25) is 5.91 Å². The van der Waals surface area contributed by atoms with Crippen molar-refractivity contribution in [2.24, 2.45) is 0 Å². The number of nitrogens with one attached hydrogen (secondary N) is 1. The van der Waals surface area contributed by atoms with Gasteiger partial charge in [-0.25, -0.2) is 4.98 Å². The van der Waals surface area contributed by atoms with E-state index < -0.39 is 0 Å². The van der Waals surface area contributed by atoms with Crippen molar-refractivity contribution in [3.8, 4) is 0 Å². The molecule has 1 aromatic carbocycles. The van der Waals surface area contributed by atoms with Gasteiger partial charge < -0.3 is 9.64 Å². The third kappa shape index (κ3) is 2.71. The number of morpholine rings is 1. The van der Waals surface area contributed by atoms with Gasteiger partial charge in [0.15, 0.2) is 5.82 Å². The summed E-state index contributed by atoms with van der Waals surface area (Å²) in [7, 11) is 0. The molecule has 2 atom stereocenters. The maximum absolute atomic E-state index is 13.0. The molecule has 2 aliphatic rings. The molecule has 2 aromatic rings. The van der Waals surface area contributed by atoms with Crippen LogP contribution < -0.4 is 0 Å². The zero-order chi connectivity index (χ0) is 16.5. The average molecular weight is 326 g/mol. The molecule has 6 heteroatoms. The van der Waals surface area contributed by atoms with Crippen LogP contribution in [0.25, 0.3) is 0 Å². The molecule has 0 bridgehead atoms. The Labute approximate surface area is 141 Å². The van der Waals surface area contributed by atoms with Crippen LogP contribution in [0.4, 0.5) is 0 Å². The Bertz CT molecular complexity index is 742. The smallest absolute Gasteiger partial charge is 0.230 e. The molecule has 1 aliphatic carbocycles. The van der Waals surface area contributed by atoms with Crippen LogP contribution in [0.3, 0.4) is 0 Å². The molecule has 1 aromatic heterocycles. The number of aromatic amines is 1. The number of ether oxygens (including phenoxy) is 1. The van der Waals surface area contributed by atoms with Crippen LogP contribution in [0, 0.1) is 0 Å². The van der Waals surface area contributed by atoms with E-state index in [2.05, 4.69) is 27.3 Å². The number of hydrogen-bond donors (Lipinski definition) is 1. The number of H-pyrrole nitrogens is 1. The van der Waals surface area contributed by atoms with Crippen molar-refractivity contribution in [3.05, 3.63) is 47.0 Å². The molecular formula is C18H22N4O2. The lowest BCUT2D eigenvalue weighted by molar-refractivity contribution is -0.140. The minimum absolute atomic E-state index is 0.0155. The molecule has 4 rings (SSSR count). The van der Waals surface area contributed by atoms with E-state index >= 15 is 0 Å². The molecule has 0 radical (unpaired) electrons. The van der Waals surface area contributed by atoms with Gasteiger partial charge in [-0.15, -0.1) is 0 Å². The highest BCUT2D eigenvalue weighted by Gasteiger charge is 2.35. The summed E-state index contributed by atoms with van der Waals surface area (Å²) in [5.74, 6) is 1.69. The summed E-state index contributed by atoms with van der Waals surface area (Å²) in [6, 6.07) is 8.29. The fourth-order valence-corrected chi connectivity index (χ4v) is 3.65. The molecule has 6 nitrogen and oxygen atoms in total. The molecule has 126 valence electrons. The van der Waals surface area contributed by atoms with Crippen molar-refractivity contribution >= 4 is 5.91 Å². The molecular weight excluding hydrogens is 304 g/mol. The van der Waals surface area contributed by atoms with Gasteiger partial charge in [-0.3, -0.25) is 9.89 Å². The van der Waals surface area contributed by atoms with Crippen LogP contribution in [0.2, 0.25) is 0 Å². The van der Waals surface area contributed by atoms with Gasteiger partial charge in [0.05, 0.1) is 19.1 Å². The Hall–Kier alpha value is -2.21. The Balaban J connectivity index is 1.49. The lowest BCUT2D eigenvalue weighted by Gasteiger charge is -2.33. The minimum atomic E-state index is -0.240. The molecule has 24 heavy (non-hydrogen) atoms. The number of aromatic nitrogens is 3. The van der Waals surface area contributed by atoms with Crippen molar-refractivity contribution in [1.29, 1.82) is 0 Å². The number of rotatable bonds is 3. The molecule has 0 saturated carbocycles. The largest absolute Gasteiger partial charge is 0.366 e. The van der Waals surface area contributed by atoms with Crippen LogP contribution in [-0.2, 0) is 22.4 Å². The number of carbonyl (C=O) groups excluding carboxylic acids is 1. The maximum atomic E-state index is 13.0. The molecule has 1 aliphatic heterocycles. The molecule has 1 amide bonds. The van der Waals surface area contributed by atoms with E-state index in [1.807, 2.05) is 24.0 Å². The van der Waals surface area contributed by atoms with Gasteiger partial charge >= 0.3 is 0 Å². The second-order valence-electron chi connectivity index (χ2n) is 6.43. The highest BCUT2D eigenvalue weighted by Crippen LogP contribution is 2.35. The van der Waals surface area contributed by atoms with Crippen LogP contribution in [0.5, 0.6) is 0 Å². The number of fused-ring (bicyclic) bond motifs is 1. The maximum Gasteiger partial charge on any atom is 0.230 e. The minimum Gasteiger partial charge on any atom is -0.366 e. The third-order valence-electron chi connectivity index (χ3n) is 4.98. The zero-order valence-corrected chi connectivity index (χ0v) is 13.9. The number of aryl methyl sites for hydroxylation is 2. The summed E-state index contributed by atoms with van der Waals surface area (Å²) in [6.07, 6.45) is 2.46.